The second-order valence-electron chi connectivity index (χ2n) is 7.05. The van der Waals surface area contributed by atoms with Gasteiger partial charge in [-0.25, -0.2) is 0 Å². The fourth-order valence-corrected chi connectivity index (χ4v) is 3.25. The maximum atomic E-state index is 9.32. The average molecular weight is 429 g/mol. The second kappa shape index (κ2) is 17.4. The van der Waals surface area contributed by atoms with Crippen LogP contribution in [-0.2, 0) is 27.4 Å². The lowest BCUT2D eigenvalue weighted by molar-refractivity contribution is 0.0146. The number of ether oxygens (including phenoxy) is 4. The number of aliphatic hydroxyl groups is 2. The van der Waals surface area contributed by atoms with Gasteiger partial charge in [0, 0.05) is 38.4 Å². The van der Waals surface area contributed by atoms with Crippen molar-refractivity contribution in [2.75, 3.05) is 59.8 Å². The molecular formula is C22H40N2O6. The van der Waals surface area contributed by atoms with E-state index in [0.717, 1.165) is 32.4 Å². The number of methoxy groups -OCH3 is 1. The molecule has 0 aliphatic carbocycles. The van der Waals surface area contributed by atoms with Crippen LogP contribution in [0.25, 0.3) is 0 Å². The molecule has 8 heteroatoms. The van der Waals surface area contributed by atoms with Gasteiger partial charge >= 0.3 is 0 Å². The van der Waals surface area contributed by atoms with Gasteiger partial charge in [0.1, 0.15) is 12.4 Å². The summed E-state index contributed by atoms with van der Waals surface area (Å²) in [5.41, 5.74) is 0.985. The molecule has 0 amide bonds. The predicted molar refractivity (Wildman–Crippen MR) is 116 cm³/mol. The van der Waals surface area contributed by atoms with E-state index >= 15 is 0 Å². The molecule has 1 aromatic heterocycles. The van der Waals surface area contributed by atoms with Crippen LogP contribution in [0.15, 0.2) is 12.1 Å². The molecule has 0 saturated heterocycles. The number of rotatable bonds is 19. The van der Waals surface area contributed by atoms with Gasteiger partial charge in [-0.2, -0.15) is 0 Å². The number of nitrogens with zero attached hydrogens (tertiary/aromatic N) is 2. The third kappa shape index (κ3) is 11.2. The zero-order chi connectivity index (χ0) is 22.0. The fraction of sp³-hybridized carbons (Fsp3) is 0.773. The molecule has 1 aromatic rings. The first-order chi connectivity index (χ1) is 14.7. The first-order valence-corrected chi connectivity index (χ1v) is 10.9. The van der Waals surface area contributed by atoms with Crippen molar-refractivity contribution in [2.24, 2.45) is 0 Å². The van der Waals surface area contributed by atoms with Crippen LogP contribution in [0.3, 0.4) is 0 Å². The first kappa shape index (κ1) is 26.7. The van der Waals surface area contributed by atoms with Crippen LogP contribution in [-0.4, -0.2) is 86.0 Å². The molecule has 1 unspecified atom stereocenters. The van der Waals surface area contributed by atoms with Gasteiger partial charge in [0.25, 0.3) is 0 Å². The number of aromatic nitrogens is 1. The molecule has 0 aliphatic rings. The molecule has 0 saturated carbocycles. The van der Waals surface area contributed by atoms with Crippen molar-refractivity contribution in [3.63, 3.8) is 0 Å². The summed E-state index contributed by atoms with van der Waals surface area (Å²) in [5.74, 6) is 0.617. The van der Waals surface area contributed by atoms with Gasteiger partial charge in [0.2, 0.25) is 0 Å². The van der Waals surface area contributed by atoms with Gasteiger partial charge in [-0.3, -0.25) is 9.88 Å². The van der Waals surface area contributed by atoms with E-state index in [-0.39, 0.29) is 13.2 Å². The second-order valence-corrected chi connectivity index (χ2v) is 7.05. The van der Waals surface area contributed by atoms with Crippen LogP contribution in [0.1, 0.15) is 44.5 Å². The Bertz CT molecular complexity index is 524. The highest BCUT2D eigenvalue weighted by atomic mass is 16.5. The fourth-order valence-electron chi connectivity index (χ4n) is 3.25. The smallest absolute Gasteiger partial charge is 0.123 e. The largest absolute Gasteiger partial charge is 0.492 e. The topological polar surface area (TPSA) is 93.5 Å². The zero-order valence-electron chi connectivity index (χ0n) is 18.8. The van der Waals surface area contributed by atoms with E-state index in [2.05, 4.69) is 23.7 Å². The lowest BCUT2D eigenvalue weighted by atomic mass is 10.1. The van der Waals surface area contributed by atoms with E-state index in [4.69, 9.17) is 18.9 Å². The number of hydrogen-bond acceptors (Lipinski definition) is 8. The van der Waals surface area contributed by atoms with Gasteiger partial charge in [0.15, 0.2) is 0 Å². The van der Waals surface area contributed by atoms with Crippen LogP contribution >= 0.6 is 0 Å². The molecule has 30 heavy (non-hydrogen) atoms. The maximum absolute atomic E-state index is 9.32. The quantitative estimate of drug-likeness (QED) is 0.323. The Morgan fingerprint density at radius 2 is 1.50 bits per heavy atom. The minimum atomic E-state index is -0.183. The molecule has 0 radical (unpaired) electrons. The Kier molecular flexibility index (Phi) is 15.5. The zero-order valence-corrected chi connectivity index (χ0v) is 18.8. The standard InChI is InChI=1S/C22H40N2O6/c1-4-6-21(5-2)24(7-9-28-13-14-29-12-11-27-3)8-10-30-22-15-19(17-25)23-20(16-22)18-26/h15-16,21,25-26H,4-14,17-18H2,1-3H3. The van der Waals surface area contributed by atoms with Crippen LogP contribution in [0, 0.1) is 0 Å². The molecule has 8 nitrogen and oxygen atoms in total. The minimum Gasteiger partial charge on any atom is -0.492 e. The van der Waals surface area contributed by atoms with Crippen molar-refractivity contribution in [2.45, 2.75) is 52.4 Å². The van der Waals surface area contributed by atoms with Gasteiger partial charge in [-0.15, -0.1) is 0 Å². The molecule has 0 aromatic carbocycles. The lowest BCUT2D eigenvalue weighted by Crippen LogP contribution is -2.40. The van der Waals surface area contributed by atoms with E-state index in [1.165, 1.54) is 0 Å². The van der Waals surface area contributed by atoms with Crippen LogP contribution < -0.4 is 4.74 Å². The molecule has 2 N–H and O–H groups in total. The van der Waals surface area contributed by atoms with Gasteiger partial charge in [0.05, 0.1) is 57.6 Å². The van der Waals surface area contributed by atoms with E-state index < -0.39 is 0 Å². The summed E-state index contributed by atoms with van der Waals surface area (Å²) in [4.78, 5) is 6.55. The van der Waals surface area contributed by atoms with Crippen molar-refractivity contribution in [1.29, 1.82) is 0 Å². The molecule has 0 spiro atoms. The minimum absolute atomic E-state index is 0.183. The third-order valence-electron chi connectivity index (χ3n) is 4.81. The van der Waals surface area contributed by atoms with Crippen molar-refractivity contribution in [3.8, 4) is 5.75 Å². The summed E-state index contributed by atoms with van der Waals surface area (Å²) in [7, 11) is 1.66. The Hall–Kier alpha value is -1.29. The van der Waals surface area contributed by atoms with Crippen LogP contribution in [0.5, 0.6) is 5.75 Å². The molecule has 1 atom stereocenters. The number of aliphatic hydroxyl groups excluding tert-OH is 2. The summed E-state index contributed by atoms with van der Waals surface area (Å²) in [6.07, 6.45) is 3.34. The third-order valence-corrected chi connectivity index (χ3v) is 4.81. The molecule has 0 bridgehead atoms. The van der Waals surface area contributed by atoms with Gasteiger partial charge in [-0.05, 0) is 12.8 Å². The summed E-state index contributed by atoms with van der Waals surface area (Å²) in [5, 5.41) is 18.6. The highest BCUT2D eigenvalue weighted by molar-refractivity contribution is 5.26. The van der Waals surface area contributed by atoms with Crippen molar-refractivity contribution < 1.29 is 29.2 Å². The maximum Gasteiger partial charge on any atom is 0.123 e. The molecule has 1 heterocycles. The highest BCUT2D eigenvalue weighted by Crippen LogP contribution is 2.16. The van der Waals surface area contributed by atoms with Crippen LogP contribution in [0.2, 0.25) is 0 Å². The molecule has 0 aliphatic heterocycles. The van der Waals surface area contributed by atoms with Crippen molar-refractivity contribution in [1.82, 2.24) is 9.88 Å². The predicted octanol–water partition coefficient (Wildman–Crippen LogP) is 2.01. The number of hydrogen-bond donors (Lipinski definition) is 2. The summed E-state index contributed by atoms with van der Waals surface area (Å²) in [6, 6.07) is 3.90. The van der Waals surface area contributed by atoms with E-state index in [9.17, 15) is 10.2 Å². The Morgan fingerprint density at radius 3 is 2.07 bits per heavy atom. The normalized spacial score (nSPS) is 12.5. The van der Waals surface area contributed by atoms with E-state index in [1.807, 2.05) is 0 Å². The van der Waals surface area contributed by atoms with Gasteiger partial charge < -0.3 is 29.2 Å². The average Bonchev–Trinajstić information content (AvgIpc) is 2.77. The highest BCUT2D eigenvalue weighted by Gasteiger charge is 2.16. The Labute approximate surface area is 181 Å². The SMILES string of the molecule is CCCC(CC)N(CCOCCOCCOC)CCOc1cc(CO)nc(CO)c1. The number of pyridine rings is 1. The molecular weight excluding hydrogens is 388 g/mol. The summed E-state index contributed by atoms with van der Waals surface area (Å²) < 4.78 is 22.0. The molecule has 0 fully saturated rings. The van der Waals surface area contributed by atoms with Crippen LogP contribution in [0.4, 0.5) is 0 Å². The van der Waals surface area contributed by atoms with Gasteiger partial charge in [-0.1, -0.05) is 20.3 Å². The Balaban J connectivity index is 2.48. The lowest BCUT2D eigenvalue weighted by Gasteiger charge is -2.31. The molecule has 174 valence electrons. The monoisotopic (exact) mass is 428 g/mol. The van der Waals surface area contributed by atoms with E-state index in [1.54, 1.807) is 19.2 Å². The van der Waals surface area contributed by atoms with E-state index in [0.29, 0.717) is 62.8 Å². The summed E-state index contributed by atoms with van der Waals surface area (Å²) >= 11 is 0. The van der Waals surface area contributed by atoms with Crippen molar-refractivity contribution >= 4 is 0 Å². The first-order valence-electron chi connectivity index (χ1n) is 10.9. The molecule has 1 rings (SSSR count). The van der Waals surface area contributed by atoms with Crippen molar-refractivity contribution in [3.05, 3.63) is 23.5 Å². The summed E-state index contributed by atoms with van der Waals surface area (Å²) in [6.45, 7) is 9.14. The Morgan fingerprint density at radius 1 is 0.900 bits per heavy atom.